The molecule has 0 saturated carbocycles. The zero-order chi connectivity index (χ0) is 23.9. The van der Waals surface area contributed by atoms with E-state index in [0.717, 1.165) is 55.7 Å². The molecule has 2 fully saturated rings. The van der Waals surface area contributed by atoms with Crippen LogP contribution in [0.25, 0.3) is 10.9 Å². The number of nitrogens with zero attached hydrogens (tertiary/aromatic N) is 2. The second-order valence-corrected chi connectivity index (χ2v) is 9.44. The first kappa shape index (κ1) is 22.5. The van der Waals surface area contributed by atoms with E-state index in [-0.39, 0.29) is 17.5 Å². The third kappa shape index (κ3) is 3.64. The third-order valence-corrected chi connectivity index (χ3v) is 7.78. The maximum atomic E-state index is 12.3. The summed E-state index contributed by atoms with van der Waals surface area (Å²) in [7, 11) is 1.73. The van der Waals surface area contributed by atoms with E-state index in [9.17, 15) is 9.59 Å². The summed E-state index contributed by atoms with van der Waals surface area (Å²) in [4.78, 5) is 31.1. The smallest absolute Gasteiger partial charge is 0.298 e. The standard InChI is InChI=1S/C27H31N3O4/c1-18-14-25(33-3)24(23-8-11-28-26(18)23)16-29-12-9-21-15-27(29,10-13-30(21)19(2)32)20-4-6-22(7-5-20)34-17-31/h4-8,11,14,17,21,28H,9-10,12-13,15-16H2,1-3H3. The predicted molar refractivity (Wildman–Crippen MR) is 130 cm³/mol. The molecule has 7 nitrogen and oxygen atoms in total. The minimum atomic E-state index is -0.215. The highest BCUT2D eigenvalue weighted by molar-refractivity contribution is 5.88. The van der Waals surface area contributed by atoms with E-state index in [0.29, 0.717) is 12.2 Å². The minimum Gasteiger partial charge on any atom is -0.496 e. The number of fused-ring (bicyclic) bond motifs is 3. The summed E-state index contributed by atoms with van der Waals surface area (Å²) in [6.45, 7) is 6.57. The highest BCUT2D eigenvalue weighted by Crippen LogP contribution is 2.47. The molecule has 1 amide bonds. The van der Waals surface area contributed by atoms with Crippen molar-refractivity contribution in [1.29, 1.82) is 0 Å². The number of methoxy groups -OCH3 is 1. The number of amides is 1. The summed E-state index contributed by atoms with van der Waals surface area (Å²) in [6.07, 6.45) is 4.66. The van der Waals surface area contributed by atoms with E-state index in [1.54, 1.807) is 14.0 Å². The molecule has 2 aromatic carbocycles. The summed E-state index contributed by atoms with van der Waals surface area (Å²) in [5, 5.41) is 1.19. The highest BCUT2D eigenvalue weighted by Gasteiger charge is 2.49. The van der Waals surface area contributed by atoms with Crippen molar-refractivity contribution < 1.29 is 19.1 Å². The Labute approximate surface area is 199 Å². The fraction of sp³-hybridized carbons (Fsp3) is 0.407. The molecule has 1 N–H and O–H groups in total. The number of likely N-dealkylation sites (tertiary alicyclic amines) is 2. The van der Waals surface area contributed by atoms with Gasteiger partial charge in [-0.15, -0.1) is 0 Å². The zero-order valence-electron chi connectivity index (χ0n) is 20.0. The van der Waals surface area contributed by atoms with Crippen LogP contribution in [0.1, 0.15) is 42.9 Å². The van der Waals surface area contributed by atoms with Gasteiger partial charge in [-0.3, -0.25) is 14.5 Å². The Hall–Kier alpha value is -3.32. The molecule has 2 aliphatic heterocycles. The number of nitrogens with one attached hydrogen (secondary N) is 1. The summed E-state index contributed by atoms with van der Waals surface area (Å²) in [5.41, 5.74) is 4.45. The molecule has 178 valence electrons. The van der Waals surface area contributed by atoms with Crippen molar-refractivity contribution in [2.24, 2.45) is 0 Å². The molecule has 5 rings (SSSR count). The number of carbonyl (C=O) groups is 2. The van der Waals surface area contributed by atoms with Crippen molar-refractivity contribution in [3.8, 4) is 11.5 Å². The Morgan fingerprint density at radius 3 is 2.74 bits per heavy atom. The number of carbonyl (C=O) groups excluding carboxylic acids is 2. The van der Waals surface area contributed by atoms with E-state index in [4.69, 9.17) is 9.47 Å². The summed E-state index contributed by atoms with van der Waals surface area (Å²) < 4.78 is 10.9. The van der Waals surface area contributed by atoms with Crippen LogP contribution in [0, 0.1) is 6.92 Å². The van der Waals surface area contributed by atoms with Crippen LogP contribution in [-0.4, -0.2) is 53.4 Å². The minimum absolute atomic E-state index is 0.149. The second-order valence-electron chi connectivity index (χ2n) is 9.44. The molecule has 3 heterocycles. The largest absolute Gasteiger partial charge is 0.496 e. The number of benzene rings is 2. The van der Waals surface area contributed by atoms with Crippen LogP contribution in [0.2, 0.25) is 0 Å². The van der Waals surface area contributed by atoms with Gasteiger partial charge in [0.2, 0.25) is 5.91 Å². The lowest BCUT2D eigenvalue weighted by Crippen LogP contribution is -2.62. The van der Waals surface area contributed by atoms with Crippen LogP contribution in [-0.2, 0) is 21.7 Å². The topological polar surface area (TPSA) is 74.9 Å². The molecule has 3 aromatic rings. The van der Waals surface area contributed by atoms with Gasteiger partial charge >= 0.3 is 0 Å². The number of H-pyrrole nitrogens is 1. The normalized spacial score (nSPS) is 22.6. The maximum absolute atomic E-state index is 12.3. The van der Waals surface area contributed by atoms with Crippen LogP contribution in [0.4, 0.5) is 0 Å². The molecule has 2 saturated heterocycles. The van der Waals surface area contributed by atoms with Gasteiger partial charge in [-0.1, -0.05) is 12.1 Å². The predicted octanol–water partition coefficient (Wildman–Crippen LogP) is 4.13. The van der Waals surface area contributed by atoms with Crippen molar-refractivity contribution in [2.75, 3.05) is 20.2 Å². The molecule has 0 radical (unpaired) electrons. The van der Waals surface area contributed by atoms with Crippen molar-refractivity contribution in [3.63, 3.8) is 0 Å². The number of aromatic nitrogens is 1. The van der Waals surface area contributed by atoms with Crippen molar-refractivity contribution >= 4 is 23.3 Å². The van der Waals surface area contributed by atoms with Gasteiger partial charge < -0.3 is 19.4 Å². The van der Waals surface area contributed by atoms with Crippen molar-refractivity contribution in [2.45, 2.75) is 51.2 Å². The first-order valence-electron chi connectivity index (χ1n) is 11.8. The SMILES string of the molecule is COc1cc(C)c2[nH]ccc2c1CN1CCC2CC1(c1ccc(OC=O)cc1)CCN2C(C)=O. The van der Waals surface area contributed by atoms with Gasteiger partial charge in [0.05, 0.1) is 12.6 Å². The quantitative estimate of drug-likeness (QED) is 0.559. The average Bonchev–Trinajstić information content (AvgIpc) is 3.33. The Kier molecular flexibility index (Phi) is 5.81. The Morgan fingerprint density at radius 2 is 2.03 bits per heavy atom. The maximum Gasteiger partial charge on any atom is 0.298 e. The van der Waals surface area contributed by atoms with Crippen LogP contribution in [0.3, 0.4) is 0 Å². The van der Waals surface area contributed by atoms with E-state index in [1.165, 1.54) is 16.5 Å². The Bertz CT molecular complexity index is 1220. The first-order chi connectivity index (χ1) is 16.5. The van der Waals surface area contributed by atoms with Gasteiger partial charge in [-0.2, -0.15) is 0 Å². The number of aryl methyl sites for hydroxylation is 1. The molecule has 7 heteroatoms. The van der Waals surface area contributed by atoms with Crippen LogP contribution in [0.5, 0.6) is 11.5 Å². The fourth-order valence-electron chi connectivity index (χ4n) is 6.11. The monoisotopic (exact) mass is 461 g/mol. The van der Waals surface area contributed by atoms with E-state index < -0.39 is 0 Å². The van der Waals surface area contributed by atoms with Gasteiger partial charge in [-0.05, 0) is 61.6 Å². The van der Waals surface area contributed by atoms with E-state index >= 15 is 0 Å². The average molecular weight is 462 g/mol. The molecule has 1 aromatic heterocycles. The van der Waals surface area contributed by atoms with Crippen molar-refractivity contribution in [3.05, 3.63) is 59.3 Å². The molecule has 2 aliphatic rings. The number of ether oxygens (including phenoxy) is 2. The highest BCUT2D eigenvalue weighted by atomic mass is 16.5. The molecule has 0 spiro atoms. The molecule has 2 bridgehead atoms. The zero-order valence-corrected chi connectivity index (χ0v) is 20.0. The van der Waals surface area contributed by atoms with Gasteiger partial charge in [0.15, 0.2) is 0 Å². The number of rotatable bonds is 6. The van der Waals surface area contributed by atoms with Crippen molar-refractivity contribution in [1.82, 2.24) is 14.8 Å². The number of piperidine rings is 2. The molecular formula is C27H31N3O4. The van der Waals surface area contributed by atoms with Gasteiger partial charge in [-0.25, -0.2) is 0 Å². The lowest BCUT2D eigenvalue weighted by atomic mass is 9.72. The fourth-order valence-corrected chi connectivity index (χ4v) is 6.11. The molecule has 0 aliphatic carbocycles. The molecule has 2 unspecified atom stereocenters. The lowest BCUT2D eigenvalue weighted by Gasteiger charge is -2.56. The van der Waals surface area contributed by atoms with Crippen LogP contribution >= 0.6 is 0 Å². The van der Waals surface area contributed by atoms with E-state index in [1.807, 2.05) is 23.2 Å². The second kappa shape index (κ2) is 8.80. The summed E-state index contributed by atoms with van der Waals surface area (Å²) in [6, 6.07) is 12.3. The Morgan fingerprint density at radius 1 is 1.24 bits per heavy atom. The first-order valence-corrected chi connectivity index (χ1v) is 11.8. The van der Waals surface area contributed by atoms with Crippen LogP contribution < -0.4 is 9.47 Å². The number of hydrogen-bond acceptors (Lipinski definition) is 5. The molecule has 34 heavy (non-hydrogen) atoms. The number of hydrogen-bond donors (Lipinski definition) is 1. The lowest BCUT2D eigenvalue weighted by molar-refractivity contribution is -0.140. The summed E-state index contributed by atoms with van der Waals surface area (Å²) in [5.74, 6) is 1.58. The van der Waals surface area contributed by atoms with Gasteiger partial charge in [0.25, 0.3) is 6.47 Å². The van der Waals surface area contributed by atoms with Gasteiger partial charge in [0.1, 0.15) is 11.5 Å². The molecular weight excluding hydrogens is 430 g/mol. The van der Waals surface area contributed by atoms with E-state index in [2.05, 4.69) is 41.1 Å². The van der Waals surface area contributed by atoms with Crippen LogP contribution in [0.15, 0.2) is 42.6 Å². The molecule has 2 atom stereocenters. The summed E-state index contributed by atoms with van der Waals surface area (Å²) >= 11 is 0. The third-order valence-electron chi connectivity index (χ3n) is 7.78. The van der Waals surface area contributed by atoms with Gasteiger partial charge in [0, 0.05) is 55.3 Å². The number of aromatic amines is 1. The Balaban J connectivity index is 1.57.